The molecule has 2 rings (SSSR count). The van der Waals surface area contributed by atoms with E-state index in [2.05, 4.69) is 41.2 Å². The molecule has 0 atom stereocenters. The van der Waals surface area contributed by atoms with Gasteiger partial charge >= 0.3 is 7.82 Å². The van der Waals surface area contributed by atoms with E-state index >= 15 is 0 Å². The van der Waals surface area contributed by atoms with Crippen LogP contribution in [0.1, 0.15) is 25.6 Å². The summed E-state index contributed by atoms with van der Waals surface area (Å²) in [4.78, 5) is 30.1. The Kier molecular flexibility index (Phi) is 9.76. The highest BCUT2D eigenvalue weighted by Gasteiger charge is 2.05. The standard InChI is InChI=1S/C8H16N2.C5H8N2.H3O4P/c1-3-4-5-10-7-6-9(2)8-10;1-5-6-3-4-7(5)2;1-5(2,3)4/h6-7H,3-5,8H2,1-2H3;3-4H,1-2H3;(H3,1,2,3,4). The summed E-state index contributed by atoms with van der Waals surface area (Å²) in [5.74, 6) is 1.06. The average molecular weight is 334 g/mol. The van der Waals surface area contributed by atoms with Gasteiger partial charge in [0.25, 0.3) is 0 Å². The van der Waals surface area contributed by atoms with E-state index in [9.17, 15) is 0 Å². The van der Waals surface area contributed by atoms with Gasteiger partial charge in [-0.1, -0.05) is 13.3 Å². The molecular formula is C13H27N4O4P. The van der Waals surface area contributed by atoms with E-state index in [1.54, 1.807) is 6.20 Å². The molecule has 1 aliphatic rings. The first-order valence-electron chi connectivity index (χ1n) is 6.98. The number of imidazole rings is 1. The molecule has 3 N–H and O–H groups in total. The second kappa shape index (κ2) is 10.4. The number of aromatic nitrogens is 2. The Hall–Kier alpha value is -1.34. The number of rotatable bonds is 3. The first kappa shape index (κ1) is 20.7. The summed E-state index contributed by atoms with van der Waals surface area (Å²) in [6.45, 7) is 6.47. The lowest BCUT2D eigenvalue weighted by Gasteiger charge is -2.17. The van der Waals surface area contributed by atoms with Gasteiger partial charge in [0, 0.05) is 45.4 Å². The van der Waals surface area contributed by atoms with Gasteiger partial charge in [-0.15, -0.1) is 0 Å². The summed E-state index contributed by atoms with van der Waals surface area (Å²) >= 11 is 0. The van der Waals surface area contributed by atoms with Gasteiger partial charge in [0.2, 0.25) is 0 Å². The molecule has 0 aliphatic carbocycles. The number of nitrogens with zero attached hydrogens (tertiary/aromatic N) is 4. The lowest BCUT2D eigenvalue weighted by molar-refractivity contribution is 0.275. The van der Waals surface area contributed by atoms with Crippen LogP contribution in [0, 0.1) is 6.92 Å². The number of phosphoric acid groups is 1. The van der Waals surface area contributed by atoms with Crippen LogP contribution in [-0.2, 0) is 11.6 Å². The van der Waals surface area contributed by atoms with E-state index in [-0.39, 0.29) is 0 Å². The fraction of sp³-hybridized carbons (Fsp3) is 0.615. The molecule has 128 valence electrons. The molecule has 0 spiro atoms. The lowest BCUT2D eigenvalue weighted by atomic mass is 10.3. The first-order valence-corrected chi connectivity index (χ1v) is 8.54. The highest BCUT2D eigenvalue weighted by atomic mass is 31.2. The number of hydrogen-bond donors (Lipinski definition) is 3. The predicted octanol–water partition coefficient (Wildman–Crippen LogP) is 1.26. The van der Waals surface area contributed by atoms with Crippen LogP contribution in [0.15, 0.2) is 24.8 Å². The second-order valence-corrected chi connectivity index (χ2v) is 5.99. The van der Waals surface area contributed by atoms with Gasteiger partial charge in [-0.25, -0.2) is 9.55 Å². The van der Waals surface area contributed by atoms with Gasteiger partial charge < -0.3 is 29.0 Å². The van der Waals surface area contributed by atoms with Gasteiger partial charge in [-0.2, -0.15) is 0 Å². The van der Waals surface area contributed by atoms with Gasteiger partial charge in [0.05, 0.1) is 6.67 Å². The zero-order valence-corrected chi connectivity index (χ0v) is 14.5. The van der Waals surface area contributed by atoms with Gasteiger partial charge in [0.15, 0.2) is 0 Å². The molecule has 0 fully saturated rings. The average Bonchev–Trinajstić information content (AvgIpc) is 2.95. The van der Waals surface area contributed by atoms with Crippen molar-refractivity contribution in [3.63, 3.8) is 0 Å². The maximum absolute atomic E-state index is 8.88. The van der Waals surface area contributed by atoms with Crippen LogP contribution in [0.5, 0.6) is 0 Å². The maximum atomic E-state index is 8.88. The molecule has 8 nitrogen and oxygen atoms in total. The second-order valence-electron chi connectivity index (χ2n) is 4.96. The van der Waals surface area contributed by atoms with Crippen LogP contribution in [0.2, 0.25) is 0 Å². The first-order chi connectivity index (χ1) is 10.1. The molecule has 22 heavy (non-hydrogen) atoms. The Morgan fingerprint density at radius 1 is 1.27 bits per heavy atom. The molecule has 2 heterocycles. The molecule has 9 heteroatoms. The Bertz CT molecular complexity index is 461. The van der Waals surface area contributed by atoms with Crippen molar-refractivity contribution in [2.75, 3.05) is 20.3 Å². The SMILES string of the molecule is CCCCN1C=CN(C)C1.Cc1nccn1C.O=P(O)(O)O. The minimum absolute atomic E-state index is 1.06. The van der Waals surface area contributed by atoms with Crippen molar-refractivity contribution >= 4 is 7.82 Å². The quantitative estimate of drug-likeness (QED) is 0.715. The Labute approximate surface area is 131 Å². The fourth-order valence-corrected chi connectivity index (χ4v) is 1.54. The number of hydrogen-bond acceptors (Lipinski definition) is 4. The van der Waals surface area contributed by atoms with E-state index in [4.69, 9.17) is 19.2 Å². The zero-order valence-electron chi connectivity index (χ0n) is 13.6. The lowest BCUT2D eigenvalue weighted by Crippen LogP contribution is -2.23. The molecule has 0 bridgehead atoms. The summed E-state index contributed by atoms with van der Waals surface area (Å²) in [6.07, 6.45) is 10.6. The van der Waals surface area contributed by atoms with Crippen molar-refractivity contribution in [2.24, 2.45) is 7.05 Å². The van der Waals surface area contributed by atoms with E-state index in [1.807, 2.05) is 24.7 Å². The summed E-state index contributed by atoms with van der Waals surface area (Å²) in [6, 6.07) is 0. The molecule has 0 aromatic carbocycles. The molecule has 1 aromatic rings. The Morgan fingerprint density at radius 3 is 2.14 bits per heavy atom. The van der Waals surface area contributed by atoms with Crippen molar-refractivity contribution in [3.05, 3.63) is 30.6 Å². The van der Waals surface area contributed by atoms with E-state index in [0.29, 0.717) is 0 Å². The third-order valence-electron chi connectivity index (χ3n) is 2.80. The van der Waals surface area contributed by atoms with Gasteiger partial charge in [0.1, 0.15) is 5.82 Å². The van der Waals surface area contributed by atoms with Crippen molar-refractivity contribution in [1.29, 1.82) is 0 Å². The summed E-state index contributed by atoms with van der Waals surface area (Å²) < 4.78 is 10.9. The smallest absolute Gasteiger partial charge is 0.362 e. The molecule has 1 aromatic heterocycles. The minimum Gasteiger partial charge on any atom is -0.362 e. The Morgan fingerprint density at radius 2 is 1.86 bits per heavy atom. The number of aryl methyl sites for hydroxylation is 2. The van der Waals surface area contributed by atoms with Gasteiger partial charge in [-0.05, 0) is 13.3 Å². The highest BCUT2D eigenvalue weighted by molar-refractivity contribution is 7.45. The zero-order chi connectivity index (χ0) is 17.2. The van der Waals surface area contributed by atoms with Crippen molar-refractivity contribution in [1.82, 2.24) is 19.4 Å². The van der Waals surface area contributed by atoms with Crippen LogP contribution in [0.25, 0.3) is 0 Å². The molecule has 0 radical (unpaired) electrons. The van der Waals surface area contributed by atoms with Crippen molar-refractivity contribution in [2.45, 2.75) is 26.7 Å². The monoisotopic (exact) mass is 334 g/mol. The molecule has 0 saturated heterocycles. The molecule has 0 saturated carbocycles. The van der Waals surface area contributed by atoms with Crippen LogP contribution < -0.4 is 0 Å². The highest BCUT2D eigenvalue weighted by Crippen LogP contribution is 2.25. The molecular weight excluding hydrogens is 307 g/mol. The van der Waals surface area contributed by atoms with Crippen molar-refractivity contribution in [3.8, 4) is 0 Å². The fourth-order valence-electron chi connectivity index (χ4n) is 1.54. The van der Waals surface area contributed by atoms with E-state index < -0.39 is 7.82 Å². The summed E-state index contributed by atoms with van der Waals surface area (Å²) in [5, 5.41) is 0. The summed E-state index contributed by atoms with van der Waals surface area (Å²) in [5.41, 5.74) is 0. The van der Waals surface area contributed by atoms with Crippen molar-refractivity contribution < 1.29 is 19.2 Å². The Balaban J connectivity index is 0.000000322. The third kappa shape index (κ3) is 12.4. The van der Waals surface area contributed by atoms with Crippen LogP contribution in [0.3, 0.4) is 0 Å². The van der Waals surface area contributed by atoms with Crippen LogP contribution in [-0.4, -0.2) is 54.3 Å². The minimum atomic E-state index is -4.64. The topological polar surface area (TPSA) is 102 Å². The molecule has 0 unspecified atom stereocenters. The molecule has 1 aliphatic heterocycles. The van der Waals surface area contributed by atoms with Crippen LogP contribution >= 0.6 is 7.82 Å². The third-order valence-corrected chi connectivity index (χ3v) is 2.80. The van der Waals surface area contributed by atoms with E-state index in [1.165, 1.54) is 19.4 Å². The largest absolute Gasteiger partial charge is 0.466 e. The normalized spacial score (nSPS) is 13.4. The van der Waals surface area contributed by atoms with Gasteiger partial charge in [-0.3, -0.25) is 0 Å². The predicted molar refractivity (Wildman–Crippen MR) is 85.6 cm³/mol. The van der Waals surface area contributed by atoms with E-state index in [0.717, 1.165) is 12.5 Å². The van der Waals surface area contributed by atoms with Crippen LogP contribution in [0.4, 0.5) is 0 Å². The summed E-state index contributed by atoms with van der Waals surface area (Å²) in [7, 11) is -0.565. The molecule has 0 amide bonds. The number of unbranched alkanes of at least 4 members (excludes halogenated alkanes) is 1. The maximum Gasteiger partial charge on any atom is 0.466 e.